The lowest BCUT2D eigenvalue weighted by molar-refractivity contribution is -0.123. The molecule has 2 atom stereocenters. The molecule has 0 aliphatic carbocycles. The number of nitrogens with one attached hydrogen (secondary N) is 1. The van der Waals surface area contributed by atoms with Crippen LogP contribution in [-0.4, -0.2) is 29.9 Å². The number of likely N-dealkylation sites (tertiary alicyclic amines) is 1. The number of benzene rings is 2. The first-order valence-corrected chi connectivity index (χ1v) is 8.66. The number of piperidine rings is 1. The number of amides is 1. The van der Waals surface area contributed by atoms with Crippen molar-refractivity contribution < 1.29 is 4.79 Å². The summed E-state index contributed by atoms with van der Waals surface area (Å²) in [5, 5.41) is 5.61. The van der Waals surface area contributed by atoms with Crippen LogP contribution in [0.5, 0.6) is 0 Å². The first-order chi connectivity index (χ1) is 11.1. The maximum Gasteiger partial charge on any atom is 0.234 e. The van der Waals surface area contributed by atoms with Gasteiger partial charge in [-0.05, 0) is 49.6 Å². The van der Waals surface area contributed by atoms with E-state index in [1.165, 1.54) is 35.6 Å². The quantitative estimate of drug-likeness (QED) is 0.929. The van der Waals surface area contributed by atoms with Gasteiger partial charge in [0.2, 0.25) is 5.91 Å². The van der Waals surface area contributed by atoms with Gasteiger partial charge in [0.05, 0.1) is 12.6 Å². The molecule has 0 radical (unpaired) electrons. The number of hydrogen-bond donors (Lipinski definition) is 1. The van der Waals surface area contributed by atoms with Crippen molar-refractivity contribution in [1.82, 2.24) is 10.2 Å². The summed E-state index contributed by atoms with van der Waals surface area (Å²) in [6, 6.07) is 15.2. The van der Waals surface area contributed by atoms with E-state index < -0.39 is 0 Å². The molecule has 1 aliphatic rings. The lowest BCUT2D eigenvalue weighted by Crippen LogP contribution is -2.44. The predicted molar refractivity (Wildman–Crippen MR) is 95.4 cm³/mol. The highest BCUT2D eigenvalue weighted by atomic mass is 16.2. The van der Waals surface area contributed by atoms with Crippen molar-refractivity contribution in [2.24, 2.45) is 0 Å². The molecule has 3 nitrogen and oxygen atoms in total. The van der Waals surface area contributed by atoms with Crippen molar-refractivity contribution in [3.05, 3.63) is 48.0 Å². The molecule has 2 aromatic carbocycles. The van der Waals surface area contributed by atoms with E-state index >= 15 is 0 Å². The minimum atomic E-state index is 0.0219. The van der Waals surface area contributed by atoms with Crippen molar-refractivity contribution in [2.45, 2.75) is 45.2 Å². The van der Waals surface area contributed by atoms with E-state index in [0.29, 0.717) is 12.6 Å². The number of hydrogen-bond acceptors (Lipinski definition) is 2. The lowest BCUT2D eigenvalue weighted by Gasteiger charge is -2.33. The van der Waals surface area contributed by atoms with Crippen LogP contribution in [-0.2, 0) is 4.79 Å². The van der Waals surface area contributed by atoms with Gasteiger partial charge >= 0.3 is 0 Å². The zero-order chi connectivity index (χ0) is 16.2. The van der Waals surface area contributed by atoms with Crippen LogP contribution in [0.3, 0.4) is 0 Å². The van der Waals surface area contributed by atoms with Gasteiger partial charge in [-0.2, -0.15) is 0 Å². The van der Waals surface area contributed by atoms with E-state index in [1.807, 2.05) is 6.07 Å². The Bertz CT molecular complexity index is 677. The average Bonchev–Trinajstić information content (AvgIpc) is 2.56. The van der Waals surface area contributed by atoms with Crippen molar-refractivity contribution in [3.63, 3.8) is 0 Å². The zero-order valence-corrected chi connectivity index (χ0v) is 14.1. The molecule has 2 aromatic rings. The van der Waals surface area contributed by atoms with Crippen LogP contribution >= 0.6 is 0 Å². The summed E-state index contributed by atoms with van der Waals surface area (Å²) in [5.74, 6) is 0.124. The Morgan fingerprint density at radius 3 is 2.83 bits per heavy atom. The number of fused-ring (bicyclic) bond motifs is 1. The molecule has 0 aromatic heterocycles. The highest BCUT2D eigenvalue weighted by molar-refractivity contribution is 5.87. The summed E-state index contributed by atoms with van der Waals surface area (Å²) in [6.07, 6.45) is 3.69. The second-order valence-electron chi connectivity index (χ2n) is 6.67. The minimum Gasteiger partial charge on any atom is -0.348 e. The summed E-state index contributed by atoms with van der Waals surface area (Å²) in [4.78, 5) is 14.7. The molecule has 1 saturated heterocycles. The van der Waals surface area contributed by atoms with Crippen molar-refractivity contribution >= 4 is 16.7 Å². The molecule has 3 heteroatoms. The molecule has 0 saturated carbocycles. The molecule has 23 heavy (non-hydrogen) atoms. The van der Waals surface area contributed by atoms with Crippen LogP contribution in [0.1, 0.15) is 44.7 Å². The van der Waals surface area contributed by atoms with E-state index in [2.05, 4.69) is 60.5 Å². The zero-order valence-electron chi connectivity index (χ0n) is 14.1. The van der Waals surface area contributed by atoms with Crippen LogP contribution in [0.25, 0.3) is 10.8 Å². The molecular weight excluding hydrogens is 284 g/mol. The number of carbonyl (C=O) groups is 1. The molecule has 0 spiro atoms. The molecular formula is C20H26N2O. The van der Waals surface area contributed by atoms with Gasteiger partial charge < -0.3 is 5.32 Å². The van der Waals surface area contributed by atoms with Gasteiger partial charge in [-0.15, -0.1) is 0 Å². The monoisotopic (exact) mass is 310 g/mol. The third kappa shape index (κ3) is 3.73. The van der Waals surface area contributed by atoms with Crippen LogP contribution in [0.2, 0.25) is 0 Å². The van der Waals surface area contributed by atoms with Gasteiger partial charge in [0.15, 0.2) is 0 Å². The molecule has 1 N–H and O–H groups in total. The smallest absolute Gasteiger partial charge is 0.234 e. The summed E-state index contributed by atoms with van der Waals surface area (Å²) in [7, 11) is 0. The summed E-state index contributed by atoms with van der Waals surface area (Å²) in [6.45, 7) is 5.84. The Morgan fingerprint density at radius 1 is 1.22 bits per heavy atom. The molecule has 3 rings (SSSR count). The molecule has 1 fully saturated rings. The van der Waals surface area contributed by atoms with Crippen molar-refractivity contribution in [3.8, 4) is 0 Å². The Labute approximate surface area is 138 Å². The highest BCUT2D eigenvalue weighted by Crippen LogP contribution is 2.24. The van der Waals surface area contributed by atoms with Crippen LogP contribution in [0.4, 0.5) is 0 Å². The van der Waals surface area contributed by atoms with E-state index in [4.69, 9.17) is 0 Å². The fraction of sp³-hybridized carbons (Fsp3) is 0.450. The van der Waals surface area contributed by atoms with Crippen molar-refractivity contribution in [1.29, 1.82) is 0 Å². The van der Waals surface area contributed by atoms with E-state index in [9.17, 15) is 4.79 Å². The number of rotatable bonds is 4. The first-order valence-electron chi connectivity index (χ1n) is 8.66. The summed E-state index contributed by atoms with van der Waals surface area (Å²) in [5.41, 5.74) is 1.18. The fourth-order valence-corrected chi connectivity index (χ4v) is 3.57. The van der Waals surface area contributed by atoms with Crippen molar-refractivity contribution in [2.75, 3.05) is 13.1 Å². The number of nitrogens with zero attached hydrogens (tertiary/aromatic N) is 1. The van der Waals surface area contributed by atoms with Crippen LogP contribution in [0, 0.1) is 0 Å². The molecule has 122 valence electrons. The third-order valence-corrected chi connectivity index (χ3v) is 4.95. The summed E-state index contributed by atoms with van der Waals surface area (Å²) < 4.78 is 0. The first kappa shape index (κ1) is 16.0. The van der Waals surface area contributed by atoms with Crippen LogP contribution < -0.4 is 5.32 Å². The van der Waals surface area contributed by atoms with Gasteiger partial charge in [0.1, 0.15) is 0 Å². The second-order valence-corrected chi connectivity index (χ2v) is 6.67. The maximum absolute atomic E-state index is 12.4. The van der Waals surface area contributed by atoms with Gasteiger partial charge in [-0.3, -0.25) is 9.69 Å². The van der Waals surface area contributed by atoms with Gasteiger partial charge in [-0.1, -0.05) is 48.9 Å². The van der Waals surface area contributed by atoms with Crippen LogP contribution in [0.15, 0.2) is 42.5 Å². The lowest BCUT2D eigenvalue weighted by atomic mass is 9.99. The van der Waals surface area contributed by atoms with Gasteiger partial charge in [-0.25, -0.2) is 0 Å². The number of carbonyl (C=O) groups excluding carboxylic acids is 1. The molecule has 1 heterocycles. The summed E-state index contributed by atoms with van der Waals surface area (Å²) >= 11 is 0. The predicted octanol–water partition coefficient (Wildman–Crippen LogP) is 3.89. The largest absolute Gasteiger partial charge is 0.348 e. The molecule has 1 aliphatic heterocycles. The molecule has 2 unspecified atom stereocenters. The fourth-order valence-electron chi connectivity index (χ4n) is 3.57. The Balaban J connectivity index is 1.68. The topological polar surface area (TPSA) is 32.3 Å². The van der Waals surface area contributed by atoms with Gasteiger partial charge in [0, 0.05) is 6.04 Å². The normalized spacial score (nSPS) is 20.3. The van der Waals surface area contributed by atoms with E-state index in [0.717, 1.165) is 6.54 Å². The Kier molecular flexibility index (Phi) is 4.97. The SMILES string of the molecule is CC(NC(=O)CN1CCCCC1C)c1cccc2ccccc12. The Hall–Kier alpha value is -1.87. The molecule has 0 bridgehead atoms. The second kappa shape index (κ2) is 7.14. The van der Waals surface area contributed by atoms with E-state index in [1.54, 1.807) is 0 Å². The van der Waals surface area contributed by atoms with E-state index in [-0.39, 0.29) is 11.9 Å². The molecule has 1 amide bonds. The minimum absolute atomic E-state index is 0.0219. The standard InChI is InChI=1S/C20H26N2O/c1-15-8-5-6-13-22(15)14-20(23)21-16(2)18-12-7-10-17-9-3-4-11-19(17)18/h3-4,7,9-12,15-16H,5-6,8,13-14H2,1-2H3,(H,21,23). The average molecular weight is 310 g/mol. The third-order valence-electron chi connectivity index (χ3n) is 4.95. The highest BCUT2D eigenvalue weighted by Gasteiger charge is 2.21. The maximum atomic E-state index is 12.4. The Morgan fingerprint density at radius 2 is 2.00 bits per heavy atom. The van der Waals surface area contributed by atoms with Gasteiger partial charge in [0.25, 0.3) is 0 Å².